The molecule has 0 aromatic carbocycles. The Morgan fingerprint density at radius 1 is 1.17 bits per heavy atom. The molecule has 0 saturated heterocycles. The van der Waals surface area contributed by atoms with Crippen LogP contribution in [0.4, 0.5) is 0 Å². The van der Waals surface area contributed by atoms with E-state index in [1.165, 1.54) is 0 Å². The molecule has 60 valence electrons. The number of rotatable bonds is 1. The molecule has 0 spiro atoms. The minimum absolute atomic E-state index is 0.753. The topological polar surface area (TPSA) is 38.7 Å². The molecule has 0 unspecified atom stereocenters. The van der Waals surface area contributed by atoms with Crippen LogP contribution in [0.15, 0.2) is 24.1 Å². The van der Waals surface area contributed by atoms with Crippen LogP contribution in [0.5, 0.6) is 0 Å². The first-order chi connectivity index (χ1) is 5.86. The van der Waals surface area contributed by atoms with Crippen molar-refractivity contribution in [2.45, 2.75) is 6.92 Å². The van der Waals surface area contributed by atoms with Crippen molar-refractivity contribution in [3.8, 4) is 10.7 Å². The van der Waals surface area contributed by atoms with Gasteiger partial charge in [0.2, 0.25) is 0 Å². The molecule has 3 nitrogen and oxygen atoms in total. The predicted molar refractivity (Wildman–Crippen MR) is 47.9 cm³/mol. The summed E-state index contributed by atoms with van der Waals surface area (Å²) in [6, 6.07) is 0. The van der Waals surface area contributed by atoms with Gasteiger partial charge in [-0.3, -0.25) is 4.98 Å². The molecule has 0 aliphatic carbocycles. The Labute approximate surface area is 74.2 Å². The fourth-order valence-corrected chi connectivity index (χ4v) is 1.41. The van der Waals surface area contributed by atoms with Gasteiger partial charge in [0, 0.05) is 18.6 Å². The smallest absolute Gasteiger partial charge is 0.171 e. The van der Waals surface area contributed by atoms with Gasteiger partial charge in [0.25, 0.3) is 0 Å². The number of hydrogen-bond donors (Lipinski definition) is 0. The molecule has 2 heterocycles. The molecule has 0 radical (unpaired) electrons. The van der Waals surface area contributed by atoms with Crippen LogP contribution in [0.2, 0.25) is 0 Å². The van der Waals surface area contributed by atoms with Crippen molar-refractivity contribution in [3.63, 3.8) is 0 Å². The van der Waals surface area contributed by atoms with Gasteiger partial charge in [-0.25, -0.2) is 9.97 Å². The van der Waals surface area contributed by atoms with Gasteiger partial charge < -0.3 is 0 Å². The molecule has 0 aliphatic heterocycles. The van der Waals surface area contributed by atoms with Gasteiger partial charge in [-0.1, -0.05) is 0 Å². The average Bonchev–Trinajstić information content (AvgIpc) is 2.58. The lowest BCUT2D eigenvalue weighted by atomic mass is 10.4. The highest BCUT2D eigenvalue weighted by Gasteiger charge is 2.00. The van der Waals surface area contributed by atoms with Crippen LogP contribution >= 0.6 is 11.3 Å². The van der Waals surface area contributed by atoms with Gasteiger partial charge in [0.05, 0.1) is 10.4 Å². The molecule has 2 aromatic heterocycles. The van der Waals surface area contributed by atoms with Crippen molar-refractivity contribution in [2.75, 3.05) is 0 Å². The molecule has 0 fully saturated rings. The Kier molecular flexibility index (Phi) is 1.83. The maximum absolute atomic E-state index is 4.18. The fourth-order valence-electron chi connectivity index (χ4n) is 0.846. The highest BCUT2D eigenvalue weighted by molar-refractivity contribution is 7.13. The number of aromatic nitrogens is 3. The second-order valence-corrected chi connectivity index (χ2v) is 3.34. The highest BCUT2D eigenvalue weighted by atomic mass is 32.1. The third-order valence-electron chi connectivity index (χ3n) is 1.43. The molecule has 0 N–H and O–H groups in total. The summed E-state index contributed by atoms with van der Waals surface area (Å²) >= 11 is 1.55. The highest BCUT2D eigenvalue weighted by Crippen LogP contribution is 2.17. The van der Waals surface area contributed by atoms with E-state index < -0.39 is 0 Å². The number of hydrogen-bond acceptors (Lipinski definition) is 4. The molecular weight excluding hydrogens is 170 g/mol. The Bertz CT molecular complexity index is 352. The van der Waals surface area contributed by atoms with Crippen molar-refractivity contribution in [1.29, 1.82) is 0 Å². The van der Waals surface area contributed by atoms with E-state index in [1.54, 1.807) is 23.0 Å². The first-order valence-electron chi connectivity index (χ1n) is 3.54. The summed E-state index contributed by atoms with van der Waals surface area (Å²) in [6.07, 6.45) is 5.39. The second kappa shape index (κ2) is 2.98. The summed E-state index contributed by atoms with van der Waals surface area (Å²) < 4.78 is 0. The first kappa shape index (κ1) is 7.36. The molecule has 2 rings (SSSR count). The molecule has 0 amide bonds. The fraction of sp³-hybridized carbons (Fsp3) is 0.125. The van der Waals surface area contributed by atoms with Crippen LogP contribution in [0.1, 0.15) is 5.56 Å². The molecule has 4 heteroatoms. The zero-order valence-electron chi connectivity index (χ0n) is 6.56. The standard InChI is InChI=1S/C8H7N3S/c1-6-2-10-8(11-3-6)7-4-9-5-12-7/h2-5H,1H3. The summed E-state index contributed by atoms with van der Waals surface area (Å²) in [7, 11) is 0. The van der Waals surface area contributed by atoms with Crippen molar-refractivity contribution in [1.82, 2.24) is 15.0 Å². The Hall–Kier alpha value is -1.29. The van der Waals surface area contributed by atoms with Crippen LogP contribution in [-0.4, -0.2) is 15.0 Å². The first-order valence-corrected chi connectivity index (χ1v) is 4.42. The van der Waals surface area contributed by atoms with Gasteiger partial charge in [-0.2, -0.15) is 0 Å². The van der Waals surface area contributed by atoms with Crippen LogP contribution in [0.25, 0.3) is 10.7 Å². The van der Waals surface area contributed by atoms with Gasteiger partial charge in [-0.05, 0) is 12.5 Å². The molecule has 12 heavy (non-hydrogen) atoms. The summed E-state index contributed by atoms with van der Waals surface area (Å²) in [5.74, 6) is 0.753. The van der Waals surface area contributed by atoms with E-state index >= 15 is 0 Å². The van der Waals surface area contributed by atoms with E-state index in [0.29, 0.717) is 0 Å². The number of thiazole rings is 1. The molecule has 0 aliphatic rings. The average molecular weight is 177 g/mol. The van der Waals surface area contributed by atoms with Gasteiger partial charge in [0.1, 0.15) is 0 Å². The largest absolute Gasteiger partial charge is 0.252 e. The summed E-state index contributed by atoms with van der Waals surface area (Å²) in [6.45, 7) is 1.97. The zero-order valence-corrected chi connectivity index (χ0v) is 7.38. The molecule has 0 saturated carbocycles. The normalized spacial score (nSPS) is 10.1. The van der Waals surface area contributed by atoms with E-state index in [9.17, 15) is 0 Å². The zero-order chi connectivity index (χ0) is 8.39. The molecule has 0 bridgehead atoms. The number of nitrogens with zero attached hydrogens (tertiary/aromatic N) is 3. The minimum atomic E-state index is 0.753. The van der Waals surface area contributed by atoms with Crippen molar-refractivity contribution in [2.24, 2.45) is 0 Å². The Morgan fingerprint density at radius 3 is 2.50 bits per heavy atom. The van der Waals surface area contributed by atoms with E-state index in [-0.39, 0.29) is 0 Å². The Morgan fingerprint density at radius 2 is 1.92 bits per heavy atom. The third-order valence-corrected chi connectivity index (χ3v) is 2.20. The Balaban J connectivity index is 2.43. The van der Waals surface area contributed by atoms with Gasteiger partial charge in [-0.15, -0.1) is 11.3 Å². The van der Waals surface area contributed by atoms with Gasteiger partial charge >= 0.3 is 0 Å². The predicted octanol–water partition coefficient (Wildman–Crippen LogP) is 1.91. The van der Waals surface area contributed by atoms with E-state index in [4.69, 9.17) is 0 Å². The lowest BCUT2D eigenvalue weighted by Crippen LogP contribution is -1.85. The van der Waals surface area contributed by atoms with Crippen LogP contribution in [0, 0.1) is 6.92 Å². The summed E-state index contributed by atoms with van der Waals surface area (Å²) in [4.78, 5) is 13.3. The molecule has 2 aromatic rings. The van der Waals surface area contributed by atoms with Crippen molar-refractivity contribution < 1.29 is 0 Å². The maximum Gasteiger partial charge on any atom is 0.171 e. The van der Waals surface area contributed by atoms with Crippen LogP contribution < -0.4 is 0 Å². The quantitative estimate of drug-likeness (QED) is 0.667. The summed E-state index contributed by atoms with van der Waals surface area (Å²) in [5, 5.41) is 0. The number of aryl methyl sites for hydroxylation is 1. The third kappa shape index (κ3) is 1.33. The van der Waals surface area contributed by atoms with E-state index in [0.717, 1.165) is 16.3 Å². The van der Waals surface area contributed by atoms with Crippen LogP contribution in [0.3, 0.4) is 0 Å². The van der Waals surface area contributed by atoms with Gasteiger partial charge in [0.15, 0.2) is 5.82 Å². The lowest BCUT2D eigenvalue weighted by molar-refractivity contribution is 1.14. The second-order valence-electron chi connectivity index (χ2n) is 2.45. The molecule has 0 atom stereocenters. The van der Waals surface area contributed by atoms with Crippen molar-refractivity contribution in [3.05, 3.63) is 29.7 Å². The SMILES string of the molecule is Cc1cnc(-c2cncs2)nc1. The van der Waals surface area contributed by atoms with Crippen LogP contribution in [-0.2, 0) is 0 Å². The minimum Gasteiger partial charge on any atom is -0.252 e. The lowest BCUT2D eigenvalue weighted by Gasteiger charge is -1.93. The summed E-state index contributed by atoms with van der Waals surface area (Å²) in [5.41, 5.74) is 2.85. The van der Waals surface area contributed by atoms with E-state index in [2.05, 4.69) is 15.0 Å². The van der Waals surface area contributed by atoms with E-state index in [1.807, 2.05) is 19.3 Å². The van der Waals surface area contributed by atoms with Crippen molar-refractivity contribution >= 4 is 11.3 Å². The monoisotopic (exact) mass is 177 g/mol. The maximum atomic E-state index is 4.18. The molecular formula is C8H7N3S.